The third-order valence-electron chi connectivity index (χ3n) is 5.25. The fraction of sp³-hybridized carbons (Fsp3) is 0.208. The molecule has 30 heavy (non-hydrogen) atoms. The van der Waals surface area contributed by atoms with Gasteiger partial charge in [0.15, 0.2) is 0 Å². The average molecular weight is 578 g/mol. The summed E-state index contributed by atoms with van der Waals surface area (Å²) in [6.07, 6.45) is 1.37. The number of carbonyl (C=O) groups excluding carboxylic acids is 1. The van der Waals surface area contributed by atoms with E-state index in [0.29, 0.717) is 0 Å². The molecule has 154 valence electrons. The van der Waals surface area contributed by atoms with Crippen LogP contribution in [0.1, 0.15) is 29.2 Å². The van der Waals surface area contributed by atoms with E-state index in [0.717, 1.165) is 49.0 Å². The van der Waals surface area contributed by atoms with E-state index in [4.69, 9.17) is 9.47 Å². The van der Waals surface area contributed by atoms with E-state index in [2.05, 4.69) is 44.6 Å². The van der Waals surface area contributed by atoms with Crippen LogP contribution in [0, 0.1) is 3.57 Å². The van der Waals surface area contributed by atoms with Gasteiger partial charge in [-0.1, -0.05) is 42.5 Å². The van der Waals surface area contributed by atoms with Crippen LogP contribution in [0.5, 0.6) is 5.75 Å². The summed E-state index contributed by atoms with van der Waals surface area (Å²) in [6.45, 7) is 0.239. The lowest BCUT2D eigenvalue weighted by molar-refractivity contribution is 0.143. The monoisotopic (exact) mass is 577 g/mol. The zero-order valence-electron chi connectivity index (χ0n) is 16.5. The zero-order chi connectivity index (χ0) is 21.1. The zero-order valence-corrected chi connectivity index (χ0v) is 20.2. The number of aryl methyl sites for hydroxylation is 1. The maximum atomic E-state index is 13.3. The van der Waals surface area contributed by atoms with Crippen molar-refractivity contribution in [1.82, 2.24) is 0 Å². The van der Waals surface area contributed by atoms with Crippen LogP contribution >= 0.6 is 38.5 Å². The Bertz CT molecular complexity index is 1040. The van der Waals surface area contributed by atoms with Crippen LogP contribution in [0.25, 0.3) is 0 Å². The Balaban J connectivity index is 1.69. The fourth-order valence-corrected chi connectivity index (χ4v) is 5.61. The van der Waals surface area contributed by atoms with Gasteiger partial charge in [0.1, 0.15) is 12.4 Å². The number of nitrogens with zero attached hydrogens (tertiary/aromatic N) is 1. The Kier molecular flexibility index (Phi) is 6.63. The number of carbonyl (C=O) groups is 1. The number of rotatable bonds is 4. The van der Waals surface area contributed by atoms with Gasteiger partial charge in [0, 0.05) is 8.04 Å². The number of amides is 1. The second-order valence-corrected chi connectivity index (χ2v) is 9.23. The standard InChI is InChI=1S/C24H21BrINO3/c1-29-20-10-7-17(8-11-20)22-12-9-18-13-19(26)14-21(25)23(18)27(22)24(28)30-15-16-5-3-2-4-6-16/h2-8,10-11,13-14,22H,9,12,15H2,1H3. The molecule has 4 rings (SSSR count). The van der Waals surface area contributed by atoms with E-state index in [-0.39, 0.29) is 18.7 Å². The Morgan fingerprint density at radius 3 is 2.57 bits per heavy atom. The summed E-state index contributed by atoms with van der Waals surface area (Å²) in [4.78, 5) is 15.1. The topological polar surface area (TPSA) is 38.8 Å². The molecule has 1 aliphatic rings. The van der Waals surface area contributed by atoms with Crippen molar-refractivity contribution in [3.05, 3.63) is 91.5 Å². The van der Waals surface area contributed by atoms with Gasteiger partial charge in [-0.15, -0.1) is 0 Å². The van der Waals surface area contributed by atoms with Gasteiger partial charge in [-0.3, -0.25) is 4.90 Å². The van der Waals surface area contributed by atoms with Gasteiger partial charge in [-0.2, -0.15) is 0 Å². The minimum Gasteiger partial charge on any atom is -0.497 e. The normalized spacial score (nSPS) is 15.4. The maximum absolute atomic E-state index is 13.3. The van der Waals surface area contributed by atoms with Gasteiger partial charge in [0.2, 0.25) is 0 Å². The highest BCUT2D eigenvalue weighted by Gasteiger charge is 2.35. The van der Waals surface area contributed by atoms with Crippen LogP contribution in [-0.2, 0) is 17.8 Å². The smallest absolute Gasteiger partial charge is 0.415 e. The molecular formula is C24H21BrINO3. The summed E-state index contributed by atoms with van der Waals surface area (Å²) in [6, 6.07) is 21.7. The van der Waals surface area contributed by atoms with Crippen molar-refractivity contribution < 1.29 is 14.3 Å². The van der Waals surface area contributed by atoms with E-state index in [1.807, 2.05) is 60.7 Å². The molecule has 0 bridgehead atoms. The van der Waals surface area contributed by atoms with Gasteiger partial charge in [0.25, 0.3) is 0 Å². The lowest BCUT2D eigenvalue weighted by Crippen LogP contribution is -2.39. The summed E-state index contributed by atoms with van der Waals surface area (Å²) in [7, 11) is 1.65. The Labute approximate surface area is 198 Å². The van der Waals surface area contributed by atoms with Crippen LogP contribution in [0.3, 0.4) is 0 Å². The van der Waals surface area contributed by atoms with Crippen molar-refractivity contribution in [2.75, 3.05) is 12.0 Å². The quantitative estimate of drug-likeness (QED) is 0.317. The molecule has 3 aromatic rings. The predicted octanol–water partition coefficient (Wildman–Crippen LogP) is 6.89. The number of fused-ring (bicyclic) bond motifs is 1. The number of methoxy groups -OCH3 is 1. The Morgan fingerprint density at radius 2 is 1.87 bits per heavy atom. The molecule has 1 aliphatic heterocycles. The average Bonchev–Trinajstić information content (AvgIpc) is 2.77. The van der Waals surface area contributed by atoms with Gasteiger partial charge < -0.3 is 9.47 Å². The Hall–Kier alpha value is -2.06. The van der Waals surface area contributed by atoms with E-state index in [9.17, 15) is 4.79 Å². The highest BCUT2D eigenvalue weighted by atomic mass is 127. The molecule has 1 unspecified atom stereocenters. The molecule has 0 spiro atoms. The molecule has 6 heteroatoms. The van der Waals surface area contributed by atoms with E-state index in [1.54, 1.807) is 12.0 Å². The lowest BCUT2D eigenvalue weighted by Gasteiger charge is -2.37. The third kappa shape index (κ3) is 4.49. The number of benzene rings is 3. The van der Waals surface area contributed by atoms with E-state index in [1.165, 1.54) is 0 Å². The van der Waals surface area contributed by atoms with Gasteiger partial charge >= 0.3 is 6.09 Å². The highest BCUT2D eigenvalue weighted by Crippen LogP contribution is 2.44. The van der Waals surface area contributed by atoms with Gasteiger partial charge in [0.05, 0.1) is 18.8 Å². The first-order chi connectivity index (χ1) is 14.6. The molecule has 0 N–H and O–H groups in total. The molecule has 1 amide bonds. The lowest BCUT2D eigenvalue weighted by atomic mass is 9.91. The molecule has 0 aliphatic carbocycles. The number of hydrogen-bond donors (Lipinski definition) is 0. The molecule has 0 fully saturated rings. The molecule has 3 aromatic carbocycles. The molecule has 1 heterocycles. The maximum Gasteiger partial charge on any atom is 0.415 e. The minimum atomic E-state index is -0.345. The largest absolute Gasteiger partial charge is 0.497 e. The van der Waals surface area contributed by atoms with Crippen LogP contribution in [-0.4, -0.2) is 13.2 Å². The van der Waals surface area contributed by atoms with E-state index >= 15 is 0 Å². The second kappa shape index (κ2) is 9.39. The Morgan fingerprint density at radius 1 is 1.13 bits per heavy atom. The molecule has 0 radical (unpaired) electrons. The van der Waals surface area contributed by atoms with Crippen LogP contribution in [0.2, 0.25) is 0 Å². The van der Waals surface area contributed by atoms with Crippen molar-refractivity contribution in [2.45, 2.75) is 25.5 Å². The molecule has 1 atom stereocenters. The van der Waals surface area contributed by atoms with Crippen molar-refractivity contribution >= 4 is 50.3 Å². The number of anilines is 1. The number of hydrogen-bond acceptors (Lipinski definition) is 3. The summed E-state index contributed by atoms with van der Waals surface area (Å²) in [5, 5.41) is 0. The highest BCUT2D eigenvalue weighted by molar-refractivity contribution is 14.1. The van der Waals surface area contributed by atoms with Gasteiger partial charge in [-0.05, 0) is 92.3 Å². The van der Waals surface area contributed by atoms with Crippen molar-refractivity contribution in [3.63, 3.8) is 0 Å². The molecule has 0 aromatic heterocycles. The SMILES string of the molecule is COc1ccc(C2CCc3cc(I)cc(Br)c3N2C(=O)OCc2ccccc2)cc1. The summed E-state index contributed by atoms with van der Waals surface area (Å²) in [5.41, 5.74) is 4.06. The summed E-state index contributed by atoms with van der Waals surface area (Å²) >= 11 is 5.99. The number of ether oxygens (including phenoxy) is 2. The predicted molar refractivity (Wildman–Crippen MR) is 130 cm³/mol. The minimum absolute atomic E-state index is 0.108. The molecule has 4 nitrogen and oxygen atoms in total. The summed E-state index contributed by atoms with van der Waals surface area (Å²) < 4.78 is 13.1. The fourth-order valence-electron chi connectivity index (χ4n) is 3.81. The second-order valence-electron chi connectivity index (χ2n) is 7.13. The van der Waals surface area contributed by atoms with Crippen LogP contribution in [0.4, 0.5) is 10.5 Å². The first-order valence-electron chi connectivity index (χ1n) is 9.68. The van der Waals surface area contributed by atoms with Gasteiger partial charge in [-0.25, -0.2) is 4.79 Å². The van der Waals surface area contributed by atoms with Crippen LogP contribution < -0.4 is 9.64 Å². The first kappa shape index (κ1) is 21.2. The first-order valence-corrected chi connectivity index (χ1v) is 11.6. The molecule has 0 saturated heterocycles. The molecular weight excluding hydrogens is 557 g/mol. The van der Waals surface area contributed by atoms with Crippen molar-refractivity contribution in [2.24, 2.45) is 0 Å². The van der Waals surface area contributed by atoms with E-state index < -0.39 is 0 Å². The summed E-state index contributed by atoms with van der Waals surface area (Å²) in [5.74, 6) is 0.795. The number of halogens is 2. The third-order valence-corrected chi connectivity index (χ3v) is 6.48. The van der Waals surface area contributed by atoms with Crippen molar-refractivity contribution in [1.29, 1.82) is 0 Å². The molecule has 0 saturated carbocycles. The van der Waals surface area contributed by atoms with Crippen molar-refractivity contribution in [3.8, 4) is 5.75 Å². The van der Waals surface area contributed by atoms with Crippen LogP contribution in [0.15, 0.2) is 71.2 Å².